The van der Waals surface area contributed by atoms with E-state index in [0.29, 0.717) is 22.9 Å². The van der Waals surface area contributed by atoms with Crippen molar-refractivity contribution in [2.75, 3.05) is 19.2 Å². The monoisotopic (exact) mass is 534 g/mol. The average Bonchev–Trinajstić information content (AvgIpc) is 3.63. The lowest BCUT2D eigenvalue weighted by atomic mass is 9.96. The highest BCUT2D eigenvalue weighted by Gasteiger charge is 2.33. The van der Waals surface area contributed by atoms with E-state index in [1.54, 1.807) is 14.2 Å². The van der Waals surface area contributed by atoms with Crippen LogP contribution in [0.25, 0.3) is 16.9 Å². The van der Waals surface area contributed by atoms with Crippen molar-refractivity contribution in [3.63, 3.8) is 0 Å². The van der Waals surface area contributed by atoms with Gasteiger partial charge in [-0.2, -0.15) is 10.2 Å². The van der Waals surface area contributed by atoms with Gasteiger partial charge in [0.15, 0.2) is 11.5 Å². The van der Waals surface area contributed by atoms with Gasteiger partial charge in [-0.1, -0.05) is 60.1 Å². The van der Waals surface area contributed by atoms with Crippen LogP contribution in [-0.4, -0.2) is 29.7 Å². The van der Waals surface area contributed by atoms with Gasteiger partial charge in [-0.3, -0.25) is 5.01 Å². The molecule has 2 heterocycles. The van der Waals surface area contributed by atoms with Gasteiger partial charge in [0.05, 0.1) is 43.0 Å². The molecule has 0 saturated carbocycles. The zero-order valence-corrected chi connectivity index (χ0v) is 22.4. The van der Waals surface area contributed by atoms with Crippen LogP contribution in [0.15, 0.2) is 114 Å². The largest absolute Gasteiger partial charge is 0.493 e. The summed E-state index contributed by atoms with van der Waals surface area (Å²) in [5.74, 6) is 1.32. The number of benzene rings is 4. The molecule has 0 unspecified atom stereocenters. The van der Waals surface area contributed by atoms with Crippen molar-refractivity contribution in [2.45, 2.75) is 12.5 Å². The van der Waals surface area contributed by atoms with Crippen LogP contribution >= 0.6 is 11.6 Å². The van der Waals surface area contributed by atoms with Gasteiger partial charge in [0.2, 0.25) is 0 Å². The third-order valence-corrected chi connectivity index (χ3v) is 7.14. The lowest BCUT2D eigenvalue weighted by molar-refractivity contribution is 0.355. The minimum Gasteiger partial charge on any atom is -0.493 e. The summed E-state index contributed by atoms with van der Waals surface area (Å²) in [6, 6.07) is 34.1. The summed E-state index contributed by atoms with van der Waals surface area (Å²) in [6.45, 7) is 0. The zero-order chi connectivity index (χ0) is 26.8. The van der Waals surface area contributed by atoms with Gasteiger partial charge in [-0.25, -0.2) is 4.68 Å². The number of hydrazone groups is 1. The number of nitrogens with zero attached hydrogens (tertiary/aromatic N) is 4. The average molecular weight is 535 g/mol. The van der Waals surface area contributed by atoms with Gasteiger partial charge in [-0.05, 0) is 60.2 Å². The Hall–Kier alpha value is -4.55. The van der Waals surface area contributed by atoms with Crippen LogP contribution in [0.3, 0.4) is 0 Å². The molecule has 0 radical (unpaired) electrons. The summed E-state index contributed by atoms with van der Waals surface area (Å²) >= 11 is 6.18. The molecule has 0 bridgehead atoms. The second-order valence-electron chi connectivity index (χ2n) is 9.24. The smallest absolute Gasteiger partial charge is 0.161 e. The first-order valence-electron chi connectivity index (χ1n) is 12.7. The van der Waals surface area contributed by atoms with Crippen LogP contribution in [0, 0.1) is 0 Å². The fourth-order valence-corrected chi connectivity index (χ4v) is 5.07. The Balaban J connectivity index is 1.51. The highest BCUT2D eigenvalue weighted by atomic mass is 35.5. The normalized spacial score (nSPS) is 14.8. The minimum atomic E-state index is -0.0846. The standard InChI is InChI=1S/C32H27ClN4O2/c1-38-30-18-15-23(19-31(30)39-2)32-27(21-36(35-32)25-9-5-3-6-10-25)29-20-28(22-13-16-24(33)17-14-22)34-37(29)26-11-7-4-8-12-26/h3-19,21,29H,20H2,1-2H3/t29-/m0/s1. The molecular weight excluding hydrogens is 508 g/mol. The zero-order valence-electron chi connectivity index (χ0n) is 21.7. The van der Waals surface area contributed by atoms with Crippen LogP contribution in [0.5, 0.6) is 11.5 Å². The lowest BCUT2D eigenvalue weighted by Gasteiger charge is -2.23. The van der Waals surface area contributed by atoms with E-state index in [-0.39, 0.29) is 6.04 Å². The molecule has 5 aromatic rings. The van der Waals surface area contributed by atoms with Gasteiger partial charge < -0.3 is 9.47 Å². The molecule has 0 N–H and O–H groups in total. The first-order valence-corrected chi connectivity index (χ1v) is 13.1. The van der Waals surface area contributed by atoms with Gasteiger partial charge >= 0.3 is 0 Å². The summed E-state index contributed by atoms with van der Waals surface area (Å²) in [5.41, 5.74) is 6.88. The van der Waals surface area contributed by atoms with Crippen molar-refractivity contribution in [3.8, 4) is 28.4 Å². The van der Waals surface area contributed by atoms with Gasteiger partial charge in [0, 0.05) is 28.8 Å². The van der Waals surface area contributed by atoms with E-state index in [1.165, 1.54) is 0 Å². The van der Waals surface area contributed by atoms with Crippen LogP contribution < -0.4 is 14.5 Å². The molecule has 0 amide bonds. The Kier molecular flexibility index (Phi) is 6.78. The molecule has 6 rings (SSSR count). The molecule has 0 aliphatic carbocycles. The number of rotatable bonds is 7. The van der Waals surface area contributed by atoms with Gasteiger partial charge in [0.25, 0.3) is 0 Å². The number of halogens is 1. The third kappa shape index (κ3) is 4.87. The maximum atomic E-state index is 6.18. The third-order valence-electron chi connectivity index (χ3n) is 6.89. The molecule has 1 atom stereocenters. The molecule has 194 valence electrons. The van der Waals surface area contributed by atoms with Crippen LogP contribution in [0.2, 0.25) is 5.02 Å². The maximum absolute atomic E-state index is 6.18. The van der Waals surface area contributed by atoms with Crippen molar-refractivity contribution in [3.05, 3.63) is 125 Å². The number of anilines is 1. The Morgan fingerprint density at radius 3 is 2.05 bits per heavy atom. The number of hydrogen-bond acceptors (Lipinski definition) is 5. The number of para-hydroxylation sites is 2. The van der Waals surface area contributed by atoms with Gasteiger partial charge in [-0.15, -0.1) is 0 Å². The molecule has 0 fully saturated rings. The maximum Gasteiger partial charge on any atom is 0.161 e. The lowest BCUT2D eigenvalue weighted by Crippen LogP contribution is -2.18. The summed E-state index contributed by atoms with van der Waals surface area (Å²) in [7, 11) is 3.28. The topological polar surface area (TPSA) is 51.9 Å². The summed E-state index contributed by atoms with van der Waals surface area (Å²) < 4.78 is 13.1. The van der Waals surface area contributed by atoms with E-state index in [1.807, 2.05) is 83.5 Å². The quantitative estimate of drug-likeness (QED) is 0.216. The second kappa shape index (κ2) is 10.7. The highest BCUT2D eigenvalue weighted by Crippen LogP contribution is 2.42. The number of aromatic nitrogens is 2. The van der Waals surface area contributed by atoms with Crippen molar-refractivity contribution in [1.82, 2.24) is 9.78 Å². The summed E-state index contributed by atoms with van der Waals surface area (Å²) in [5, 5.41) is 13.0. The van der Waals surface area contributed by atoms with Crippen LogP contribution in [0.1, 0.15) is 23.6 Å². The molecule has 1 aliphatic heterocycles. The first-order chi connectivity index (χ1) is 19.1. The Labute approximate surface area is 232 Å². The number of hydrogen-bond donors (Lipinski definition) is 0. The molecule has 4 aromatic carbocycles. The molecule has 0 spiro atoms. The van der Waals surface area contributed by atoms with Crippen molar-refractivity contribution >= 4 is 23.0 Å². The fraction of sp³-hybridized carbons (Fsp3) is 0.125. The van der Waals surface area contributed by atoms with Crippen LogP contribution in [0.4, 0.5) is 5.69 Å². The predicted molar refractivity (Wildman–Crippen MR) is 156 cm³/mol. The summed E-state index contributed by atoms with van der Waals surface area (Å²) in [6.07, 6.45) is 2.82. The van der Waals surface area contributed by atoms with Crippen molar-refractivity contribution in [1.29, 1.82) is 0 Å². The fourth-order valence-electron chi connectivity index (χ4n) is 4.94. The van der Waals surface area contributed by atoms with E-state index < -0.39 is 0 Å². The number of methoxy groups -OCH3 is 2. The van der Waals surface area contributed by atoms with E-state index in [9.17, 15) is 0 Å². The van der Waals surface area contributed by atoms with E-state index >= 15 is 0 Å². The van der Waals surface area contributed by atoms with E-state index in [2.05, 4.69) is 35.5 Å². The molecule has 1 aromatic heterocycles. The Morgan fingerprint density at radius 1 is 0.744 bits per heavy atom. The Morgan fingerprint density at radius 2 is 1.38 bits per heavy atom. The highest BCUT2D eigenvalue weighted by molar-refractivity contribution is 6.30. The van der Waals surface area contributed by atoms with E-state index in [4.69, 9.17) is 31.3 Å². The van der Waals surface area contributed by atoms with Crippen molar-refractivity contribution in [2.24, 2.45) is 5.10 Å². The SMILES string of the molecule is COc1ccc(-c2nn(-c3ccccc3)cc2[C@@H]2CC(c3ccc(Cl)cc3)=NN2c2ccccc2)cc1OC. The molecular formula is C32H27ClN4O2. The molecule has 1 aliphatic rings. The molecule has 6 nitrogen and oxygen atoms in total. The molecule has 0 saturated heterocycles. The molecule has 7 heteroatoms. The minimum absolute atomic E-state index is 0.0846. The van der Waals surface area contributed by atoms with E-state index in [0.717, 1.165) is 39.5 Å². The van der Waals surface area contributed by atoms with Gasteiger partial charge in [0.1, 0.15) is 0 Å². The number of ether oxygens (including phenoxy) is 2. The van der Waals surface area contributed by atoms with Crippen molar-refractivity contribution < 1.29 is 9.47 Å². The summed E-state index contributed by atoms with van der Waals surface area (Å²) in [4.78, 5) is 0. The van der Waals surface area contributed by atoms with Crippen LogP contribution in [-0.2, 0) is 0 Å². The molecule has 39 heavy (non-hydrogen) atoms. The Bertz CT molecular complexity index is 1620. The predicted octanol–water partition coefficient (Wildman–Crippen LogP) is 7.57. The second-order valence-corrected chi connectivity index (χ2v) is 9.67. The first kappa shape index (κ1) is 24.8.